The third-order valence-electron chi connectivity index (χ3n) is 2.56. The molecule has 1 aromatic carbocycles. The van der Waals surface area contributed by atoms with Crippen molar-refractivity contribution in [3.05, 3.63) is 35.1 Å². The van der Waals surface area contributed by atoms with Crippen molar-refractivity contribution >= 4 is 11.8 Å². The number of benzene rings is 1. The Bertz CT molecular complexity index is 451. The van der Waals surface area contributed by atoms with Gasteiger partial charge >= 0.3 is 0 Å². The van der Waals surface area contributed by atoms with Crippen molar-refractivity contribution < 1.29 is 14.6 Å². The molecule has 1 rings (SSSR count). The molecular formula is C15H19FO2S. The number of aliphatic hydroxyl groups excluding tert-OH is 2. The van der Waals surface area contributed by atoms with Gasteiger partial charge in [0.05, 0.1) is 12.2 Å². The molecule has 0 fully saturated rings. The van der Waals surface area contributed by atoms with E-state index in [0.29, 0.717) is 17.2 Å². The Kier molecular flexibility index (Phi) is 7.57. The summed E-state index contributed by atoms with van der Waals surface area (Å²) in [5.41, 5.74) is 1.39. The van der Waals surface area contributed by atoms with Gasteiger partial charge in [-0.1, -0.05) is 24.8 Å². The van der Waals surface area contributed by atoms with Crippen molar-refractivity contribution in [1.82, 2.24) is 0 Å². The SMILES string of the molecule is CC(CCO)SCc1ccc(F)c(C#CCCO)c1. The van der Waals surface area contributed by atoms with Crippen LogP contribution < -0.4 is 0 Å². The predicted molar refractivity (Wildman–Crippen MR) is 77.4 cm³/mol. The zero-order valence-electron chi connectivity index (χ0n) is 11.0. The molecule has 19 heavy (non-hydrogen) atoms. The lowest BCUT2D eigenvalue weighted by Crippen LogP contribution is -2.00. The molecule has 0 amide bonds. The van der Waals surface area contributed by atoms with Gasteiger partial charge < -0.3 is 10.2 Å². The topological polar surface area (TPSA) is 40.5 Å². The highest BCUT2D eigenvalue weighted by Crippen LogP contribution is 2.21. The third kappa shape index (κ3) is 6.11. The molecular weight excluding hydrogens is 263 g/mol. The summed E-state index contributed by atoms with van der Waals surface area (Å²) in [5, 5.41) is 17.9. The van der Waals surface area contributed by atoms with Crippen LogP contribution in [-0.4, -0.2) is 28.7 Å². The summed E-state index contributed by atoms with van der Waals surface area (Å²) < 4.78 is 13.5. The van der Waals surface area contributed by atoms with Gasteiger partial charge in [-0.15, -0.1) is 0 Å². The fraction of sp³-hybridized carbons (Fsp3) is 0.467. The van der Waals surface area contributed by atoms with Crippen LogP contribution >= 0.6 is 11.8 Å². The molecule has 0 heterocycles. The number of thioether (sulfide) groups is 1. The lowest BCUT2D eigenvalue weighted by molar-refractivity contribution is 0.289. The van der Waals surface area contributed by atoms with E-state index in [2.05, 4.69) is 18.8 Å². The zero-order chi connectivity index (χ0) is 14.1. The van der Waals surface area contributed by atoms with E-state index in [1.807, 2.05) is 0 Å². The second kappa shape index (κ2) is 8.98. The van der Waals surface area contributed by atoms with Crippen molar-refractivity contribution in [3.63, 3.8) is 0 Å². The van der Waals surface area contributed by atoms with Gasteiger partial charge in [0.25, 0.3) is 0 Å². The summed E-state index contributed by atoms with van der Waals surface area (Å²) >= 11 is 1.73. The molecule has 0 aliphatic carbocycles. The fourth-order valence-electron chi connectivity index (χ4n) is 1.48. The number of halogens is 1. The van der Waals surface area contributed by atoms with Gasteiger partial charge in [0.15, 0.2) is 0 Å². The molecule has 0 bridgehead atoms. The van der Waals surface area contributed by atoms with Crippen molar-refractivity contribution in [2.45, 2.75) is 30.8 Å². The minimum absolute atomic E-state index is 0.0111. The average molecular weight is 282 g/mol. The standard InChI is InChI=1S/C15H19FO2S/c1-12(7-9-18)19-11-13-5-6-15(16)14(10-13)4-2-3-8-17/h5-6,10,12,17-18H,3,7-9,11H2,1H3. The zero-order valence-corrected chi connectivity index (χ0v) is 11.8. The Balaban J connectivity index is 2.66. The van der Waals surface area contributed by atoms with Crippen LogP contribution in [0.15, 0.2) is 18.2 Å². The Hall–Kier alpha value is -1.02. The smallest absolute Gasteiger partial charge is 0.138 e. The first-order chi connectivity index (χ1) is 9.17. The summed E-state index contributed by atoms with van der Waals surface area (Å²) in [6.07, 6.45) is 1.11. The number of hydrogen-bond acceptors (Lipinski definition) is 3. The van der Waals surface area contributed by atoms with E-state index in [0.717, 1.165) is 17.7 Å². The monoisotopic (exact) mass is 282 g/mol. The molecule has 0 radical (unpaired) electrons. The van der Waals surface area contributed by atoms with Crippen LogP contribution in [0.3, 0.4) is 0 Å². The van der Waals surface area contributed by atoms with Crippen molar-refractivity contribution in [1.29, 1.82) is 0 Å². The molecule has 2 nitrogen and oxygen atoms in total. The summed E-state index contributed by atoms with van der Waals surface area (Å²) in [5.74, 6) is 5.90. The first-order valence-corrected chi connectivity index (χ1v) is 7.33. The van der Waals surface area contributed by atoms with E-state index in [9.17, 15) is 4.39 Å². The molecule has 0 aliphatic rings. The first-order valence-electron chi connectivity index (χ1n) is 6.28. The Morgan fingerprint density at radius 1 is 1.32 bits per heavy atom. The summed E-state index contributed by atoms with van der Waals surface area (Å²) in [7, 11) is 0. The third-order valence-corrected chi connectivity index (χ3v) is 3.87. The van der Waals surface area contributed by atoms with Gasteiger partial charge in [-0.3, -0.25) is 0 Å². The van der Waals surface area contributed by atoms with Gasteiger partial charge in [-0.25, -0.2) is 4.39 Å². The summed E-state index contributed by atoms with van der Waals surface area (Å²) in [6, 6.07) is 4.93. The van der Waals surface area contributed by atoms with Gasteiger partial charge in [-0.2, -0.15) is 11.8 Å². The Labute approximate surface area is 118 Å². The lowest BCUT2D eigenvalue weighted by Gasteiger charge is -2.09. The number of aliphatic hydroxyl groups is 2. The van der Waals surface area contributed by atoms with Crippen LogP contribution in [0.5, 0.6) is 0 Å². The highest BCUT2D eigenvalue weighted by molar-refractivity contribution is 7.99. The summed E-state index contributed by atoms with van der Waals surface area (Å²) in [4.78, 5) is 0. The molecule has 0 saturated carbocycles. The highest BCUT2D eigenvalue weighted by atomic mass is 32.2. The molecule has 1 atom stereocenters. The second-order valence-electron chi connectivity index (χ2n) is 4.22. The molecule has 0 aliphatic heterocycles. The average Bonchev–Trinajstić information content (AvgIpc) is 2.40. The minimum atomic E-state index is -0.331. The predicted octanol–water partition coefficient (Wildman–Crippen LogP) is 2.56. The van der Waals surface area contributed by atoms with Crippen LogP contribution in [0.4, 0.5) is 4.39 Å². The molecule has 1 unspecified atom stereocenters. The molecule has 2 N–H and O–H groups in total. The van der Waals surface area contributed by atoms with E-state index >= 15 is 0 Å². The van der Waals surface area contributed by atoms with Crippen LogP contribution in [0.1, 0.15) is 30.9 Å². The maximum Gasteiger partial charge on any atom is 0.138 e. The normalized spacial score (nSPS) is 11.8. The lowest BCUT2D eigenvalue weighted by atomic mass is 10.1. The van der Waals surface area contributed by atoms with Crippen LogP contribution in [0.2, 0.25) is 0 Å². The van der Waals surface area contributed by atoms with Crippen LogP contribution in [0.25, 0.3) is 0 Å². The van der Waals surface area contributed by atoms with E-state index in [4.69, 9.17) is 10.2 Å². The quantitative estimate of drug-likeness (QED) is 0.788. The maximum atomic E-state index is 13.5. The van der Waals surface area contributed by atoms with Crippen molar-refractivity contribution in [2.24, 2.45) is 0 Å². The van der Waals surface area contributed by atoms with Gasteiger partial charge in [-0.05, 0) is 24.1 Å². The van der Waals surface area contributed by atoms with Crippen molar-refractivity contribution in [2.75, 3.05) is 13.2 Å². The van der Waals surface area contributed by atoms with Gasteiger partial charge in [0.2, 0.25) is 0 Å². The molecule has 4 heteroatoms. The molecule has 0 saturated heterocycles. The Morgan fingerprint density at radius 2 is 2.11 bits per heavy atom. The maximum absolute atomic E-state index is 13.5. The molecule has 0 aromatic heterocycles. The van der Waals surface area contributed by atoms with E-state index in [1.165, 1.54) is 6.07 Å². The molecule has 0 spiro atoms. The van der Waals surface area contributed by atoms with Crippen LogP contribution in [-0.2, 0) is 5.75 Å². The van der Waals surface area contributed by atoms with E-state index in [1.54, 1.807) is 23.9 Å². The fourth-order valence-corrected chi connectivity index (χ4v) is 2.40. The number of hydrogen-bond donors (Lipinski definition) is 2. The second-order valence-corrected chi connectivity index (χ2v) is 5.65. The number of rotatable bonds is 6. The van der Waals surface area contributed by atoms with E-state index < -0.39 is 0 Å². The van der Waals surface area contributed by atoms with Crippen molar-refractivity contribution in [3.8, 4) is 11.8 Å². The highest BCUT2D eigenvalue weighted by Gasteiger charge is 2.05. The minimum Gasteiger partial charge on any atom is -0.396 e. The molecule has 1 aromatic rings. The molecule has 104 valence electrons. The van der Waals surface area contributed by atoms with Gasteiger partial charge in [0, 0.05) is 24.0 Å². The van der Waals surface area contributed by atoms with Crippen LogP contribution in [0, 0.1) is 17.7 Å². The summed E-state index contributed by atoms with van der Waals surface area (Å²) in [6.45, 7) is 2.24. The van der Waals surface area contributed by atoms with E-state index in [-0.39, 0.29) is 19.0 Å². The first kappa shape index (κ1) is 16.0. The largest absolute Gasteiger partial charge is 0.396 e. The van der Waals surface area contributed by atoms with Gasteiger partial charge in [0.1, 0.15) is 5.82 Å². The Morgan fingerprint density at radius 3 is 2.79 bits per heavy atom.